The number of nitrogens with one attached hydrogen (secondary N) is 2. The summed E-state index contributed by atoms with van der Waals surface area (Å²) in [7, 11) is 0. The van der Waals surface area contributed by atoms with Crippen LogP contribution in [0.5, 0.6) is 0 Å². The smallest absolute Gasteiger partial charge is 0.251 e. The number of halogens is 1. The van der Waals surface area contributed by atoms with E-state index in [0.29, 0.717) is 12.0 Å². The summed E-state index contributed by atoms with van der Waals surface area (Å²) in [4.78, 5) is 14.8. The molecule has 2 atom stereocenters. The van der Waals surface area contributed by atoms with E-state index in [1.807, 2.05) is 6.07 Å². The van der Waals surface area contributed by atoms with Crippen LogP contribution in [-0.4, -0.2) is 43.3 Å². The molecule has 1 fully saturated rings. The first-order valence-corrected chi connectivity index (χ1v) is 8.95. The minimum Gasteiger partial charge on any atom is -0.390 e. The zero-order valence-electron chi connectivity index (χ0n) is 14.4. The van der Waals surface area contributed by atoms with Gasteiger partial charge in [0.15, 0.2) is 0 Å². The Morgan fingerprint density at radius 2 is 1.88 bits per heavy atom. The number of carbonyl (C=O) groups excluding carboxylic acids is 1. The molecule has 2 aromatic rings. The van der Waals surface area contributed by atoms with Crippen LogP contribution in [0, 0.1) is 5.82 Å². The van der Waals surface area contributed by atoms with Crippen LogP contribution in [-0.2, 0) is 6.42 Å². The Bertz CT molecular complexity index is 803. The molecule has 0 bridgehead atoms. The number of fused-ring (bicyclic) bond motifs is 1. The van der Waals surface area contributed by atoms with Crippen molar-refractivity contribution in [2.45, 2.75) is 18.6 Å². The SMILES string of the molecule is O=C(N[C@H]1c2cc(N3CCNCC3)ccc2C[C@@H]1O)c1ccc(F)cc1. The highest BCUT2D eigenvalue weighted by Crippen LogP contribution is 2.34. The fourth-order valence-corrected chi connectivity index (χ4v) is 3.73. The maximum atomic E-state index is 13.1. The second kappa shape index (κ2) is 7.05. The number of amides is 1. The number of carbonyl (C=O) groups is 1. The molecule has 0 unspecified atom stereocenters. The third kappa shape index (κ3) is 3.30. The molecule has 1 saturated heterocycles. The number of anilines is 1. The number of piperazine rings is 1. The van der Waals surface area contributed by atoms with E-state index >= 15 is 0 Å². The summed E-state index contributed by atoms with van der Waals surface area (Å²) in [5.41, 5.74) is 3.51. The predicted octanol–water partition coefficient (Wildman–Crippen LogP) is 1.62. The van der Waals surface area contributed by atoms with Crippen LogP contribution in [0.15, 0.2) is 42.5 Å². The number of hydrogen-bond acceptors (Lipinski definition) is 4. The molecule has 1 aliphatic carbocycles. The first kappa shape index (κ1) is 17.0. The fraction of sp³-hybridized carbons (Fsp3) is 0.350. The third-order valence-corrected chi connectivity index (χ3v) is 5.15. The molecule has 2 aliphatic rings. The van der Waals surface area contributed by atoms with Crippen LogP contribution in [0.2, 0.25) is 0 Å². The molecule has 0 aromatic heterocycles. The van der Waals surface area contributed by atoms with E-state index in [-0.39, 0.29) is 11.7 Å². The Kier molecular flexibility index (Phi) is 4.61. The monoisotopic (exact) mass is 355 g/mol. The number of nitrogens with zero attached hydrogens (tertiary/aromatic N) is 1. The van der Waals surface area contributed by atoms with Crippen molar-refractivity contribution in [2.24, 2.45) is 0 Å². The van der Waals surface area contributed by atoms with Gasteiger partial charge in [0.1, 0.15) is 5.82 Å². The molecule has 1 heterocycles. The van der Waals surface area contributed by atoms with Crippen molar-refractivity contribution >= 4 is 11.6 Å². The van der Waals surface area contributed by atoms with Crippen LogP contribution < -0.4 is 15.5 Å². The number of benzene rings is 2. The molecule has 1 aliphatic heterocycles. The molecule has 0 saturated carbocycles. The molecule has 4 rings (SSSR count). The first-order valence-electron chi connectivity index (χ1n) is 8.95. The van der Waals surface area contributed by atoms with Crippen LogP contribution in [0.4, 0.5) is 10.1 Å². The average Bonchev–Trinajstić information content (AvgIpc) is 2.97. The van der Waals surface area contributed by atoms with Crippen molar-refractivity contribution in [1.82, 2.24) is 10.6 Å². The molecule has 0 radical (unpaired) electrons. The Morgan fingerprint density at radius 3 is 2.62 bits per heavy atom. The average molecular weight is 355 g/mol. The number of aliphatic hydroxyl groups is 1. The van der Waals surface area contributed by atoms with Crippen LogP contribution >= 0.6 is 0 Å². The van der Waals surface area contributed by atoms with Gasteiger partial charge in [0.05, 0.1) is 12.1 Å². The van der Waals surface area contributed by atoms with E-state index < -0.39 is 12.1 Å². The molecule has 2 aromatic carbocycles. The Hall–Kier alpha value is -2.44. The van der Waals surface area contributed by atoms with Gasteiger partial charge in [-0.15, -0.1) is 0 Å². The van der Waals surface area contributed by atoms with Gasteiger partial charge in [-0.3, -0.25) is 4.79 Å². The Labute approximate surface area is 151 Å². The molecule has 26 heavy (non-hydrogen) atoms. The second-order valence-electron chi connectivity index (χ2n) is 6.85. The second-order valence-corrected chi connectivity index (χ2v) is 6.85. The lowest BCUT2D eigenvalue weighted by Crippen LogP contribution is -2.43. The van der Waals surface area contributed by atoms with E-state index in [4.69, 9.17) is 0 Å². The van der Waals surface area contributed by atoms with Crippen molar-refractivity contribution in [1.29, 1.82) is 0 Å². The lowest BCUT2D eigenvalue weighted by Gasteiger charge is -2.30. The van der Waals surface area contributed by atoms with E-state index in [9.17, 15) is 14.3 Å². The summed E-state index contributed by atoms with van der Waals surface area (Å²) in [5, 5.41) is 16.7. The summed E-state index contributed by atoms with van der Waals surface area (Å²) in [6.45, 7) is 3.77. The van der Waals surface area contributed by atoms with E-state index in [2.05, 4.69) is 27.7 Å². The summed E-state index contributed by atoms with van der Waals surface area (Å²) in [6, 6.07) is 11.2. The highest BCUT2D eigenvalue weighted by Gasteiger charge is 2.33. The van der Waals surface area contributed by atoms with Gasteiger partial charge in [0.2, 0.25) is 0 Å². The highest BCUT2D eigenvalue weighted by atomic mass is 19.1. The van der Waals surface area contributed by atoms with Gasteiger partial charge in [-0.2, -0.15) is 0 Å². The molecular weight excluding hydrogens is 333 g/mol. The normalized spacial score (nSPS) is 22.2. The molecule has 136 valence electrons. The standard InChI is InChI=1S/C20H22FN3O2/c21-15-4-1-13(2-5-15)20(26)23-19-17-12-16(24-9-7-22-8-10-24)6-3-14(17)11-18(19)25/h1-6,12,18-19,22,25H,7-11H2,(H,23,26)/t18-,19-/m0/s1. The largest absolute Gasteiger partial charge is 0.390 e. The minimum absolute atomic E-state index is 0.311. The third-order valence-electron chi connectivity index (χ3n) is 5.15. The van der Waals surface area contributed by atoms with Crippen LogP contribution in [0.25, 0.3) is 0 Å². The van der Waals surface area contributed by atoms with Gasteiger partial charge in [-0.25, -0.2) is 4.39 Å². The van der Waals surface area contributed by atoms with Crippen molar-refractivity contribution in [3.05, 3.63) is 65.0 Å². The summed E-state index contributed by atoms with van der Waals surface area (Å²) < 4.78 is 13.1. The number of aliphatic hydroxyl groups excluding tert-OH is 1. The minimum atomic E-state index is -0.660. The maximum Gasteiger partial charge on any atom is 0.251 e. The maximum absolute atomic E-state index is 13.1. The predicted molar refractivity (Wildman–Crippen MR) is 97.8 cm³/mol. The highest BCUT2D eigenvalue weighted by molar-refractivity contribution is 5.94. The van der Waals surface area contributed by atoms with Gasteiger partial charge < -0.3 is 20.6 Å². The van der Waals surface area contributed by atoms with Crippen molar-refractivity contribution in [3.8, 4) is 0 Å². The summed E-state index contributed by atoms with van der Waals surface area (Å²) >= 11 is 0. The van der Waals surface area contributed by atoms with Crippen molar-refractivity contribution < 1.29 is 14.3 Å². The number of hydrogen-bond donors (Lipinski definition) is 3. The van der Waals surface area contributed by atoms with Gasteiger partial charge >= 0.3 is 0 Å². The van der Waals surface area contributed by atoms with Crippen LogP contribution in [0.3, 0.4) is 0 Å². The van der Waals surface area contributed by atoms with Gasteiger partial charge in [-0.1, -0.05) is 6.07 Å². The Morgan fingerprint density at radius 1 is 1.15 bits per heavy atom. The van der Waals surface area contributed by atoms with E-state index in [1.165, 1.54) is 24.3 Å². The zero-order chi connectivity index (χ0) is 18.1. The topological polar surface area (TPSA) is 64.6 Å². The molecule has 3 N–H and O–H groups in total. The lowest BCUT2D eigenvalue weighted by molar-refractivity contribution is 0.0858. The molecule has 5 nitrogen and oxygen atoms in total. The quantitative estimate of drug-likeness (QED) is 0.783. The Balaban J connectivity index is 1.56. The number of rotatable bonds is 3. The molecular formula is C20H22FN3O2. The van der Waals surface area contributed by atoms with Gasteiger partial charge in [0.25, 0.3) is 5.91 Å². The lowest BCUT2D eigenvalue weighted by atomic mass is 10.0. The summed E-state index contributed by atoms with van der Waals surface area (Å²) in [5.74, 6) is -0.692. The summed E-state index contributed by atoms with van der Waals surface area (Å²) in [6.07, 6.45) is -0.140. The van der Waals surface area contributed by atoms with Gasteiger partial charge in [-0.05, 0) is 47.5 Å². The van der Waals surface area contributed by atoms with E-state index in [0.717, 1.165) is 43.0 Å². The molecule has 1 amide bonds. The van der Waals surface area contributed by atoms with Crippen molar-refractivity contribution in [3.63, 3.8) is 0 Å². The first-order chi connectivity index (χ1) is 12.6. The van der Waals surface area contributed by atoms with Crippen molar-refractivity contribution in [2.75, 3.05) is 31.1 Å². The molecule has 6 heteroatoms. The van der Waals surface area contributed by atoms with Gasteiger partial charge in [0, 0.05) is 43.9 Å². The zero-order valence-corrected chi connectivity index (χ0v) is 14.4. The van der Waals surface area contributed by atoms with E-state index in [1.54, 1.807) is 0 Å². The van der Waals surface area contributed by atoms with Crippen LogP contribution in [0.1, 0.15) is 27.5 Å². The molecule has 0 spiro atoms. The fourth-order valence-electron chi connectivity index (χ4n) is 3.73.